The van der Waals surface area contributed by atoms with E-state index >= 15 is 0 Å². The van der Waals surface area contributed by atoms with Crippen LogP contribution >= 0.6 is 0 Å². The van der Waals surface area contributed by atoms with Gasteiger partial charge in [0.05, 0.1) is 12.3 Å². The Morgan fingerprint density at radius 2 is 1.68 bits per heavy atom. The van der Waals surface area contributed by atoms with Crippen molar-refractivity contribution in [2.75, 3.05) is 26.2 Å². The summed E-state index contributed by atoms with van der Waals surface area (Å²) in [5, 5.41) is 18.2. The number of piperazine rings is 1. The number of amides is 2. The molecule has 0 unspecified atom stereocenters. The van der Waals surface area contributed by atoms with Crippen LogP contribution in [0.4, 0.5) is 0 Å². The number of nitrogens with zero attached hydrogens (tertiary/aromatic N) is 5. The number of carbonyl (C=O) groups excluding carboxylic acids is 2. The highest BCUT2D eigenvalue weighted by Crippen LogP contribution is 2.68. The molecule has 0 radical (unpaired) electrons. The molecule has 2 amide bonds. The molecule has 40 heavy (non-hydrogen) atoms. The molecule has 6 rings (SSSR count). The molecule has 8 heteroatoms. The van der Waals surface area contributed by atoms with Crippen LogP contribution in [0.25, 0.3) is 0 Å². The third-order valence-corrected chi connectivity index (χ3v) is 13.0. The zero-order chi connectivity index (χ0) is 28.2. The van der Waals surface area contributed by atoms with E-state index in [1.54, 1.807) is 22.8 Å². The largest absolute Gasteiger partial charge is 0.393 e. The third kappa shape index (κ3) is 4.80. The Kier molecular flexibility index (Phi) is 7.54. The molecule has 0 spiro atoms. The number of hydrogen-bond acceptors (Lipinski definition) is 5. The van der Waals surface area contributed by atoms with E-state index in [1.807, 2.05) is 4.90 Å². The number of aromatic nitrogens is 3. The molecule has 9 atom stereocenters. The number of aryl methyl sites for hydroxylation is 1. The Bertz CT molecular complexity index is 1100. The van der Waals surface area contributed by atoms with Crippen LogP contribution in [0.1, 0.15) is 102 Å². The predicted octanol–water partition coefficient (Wildman–Crippen LogP) is 4.54. The monoisotopic (exact) mass is 553 g/mol. The van der Waals surface area contributed by atoms with E-state index in [1.165, 1.54) is 44.9 Å². The summed E-state index contributed by atoms with van der Waals surface area (Å²) < 4.78 is 1.54. The Balaban J connectivity index is 1.01. The van der Waals surface area contributed by atoms with Gasteiger partial charge in [0.25, 0.3) is 5.91 Å². The summed E-state index contributed by atoms with van der Waals surface area (Å²) in [4.78, 5) is 29.6. The number of hydrogen-bond donors (Lipinski definition) is 1. The van der Waals surface area contributed by atoms with Crippen LogP contribution in [-0.2, 0) is 11.8 Å². The lowest BCUT2D eigenvalue weighted by molar-refractivity contribution is -0.134. The van der Waals surface area contributed by atoms with Gasteiger partial charge in [-0.15, -0.1) is 5.10 Å². The normalized spacial score (nSPS) is 40.2. The Hall–Kier alpha value is -1.96. The van der Waals surface area contributed by atoms with E-state index in [2.05, 4.69) is 31.1 Å². The Labute approximate surface area is 240 Å². The summed E-state index contributed by atoms with van der Waals surface area (Å²) in [5.41, 5.74) is 1.21. The molecule has 1 aliphatic heterocycles. The lowest BCUT2D eigenvalue weighted by Crippen LogP contribution is -2.54. The maximum atomic E-state index is 13.2. The SMILES string of the molecule is C[C@H](CCC(=O)N1CCN(C(=O)c2cn(C)nn2)CC1)[C@H]1CC[C@H]2[C@@H]3CC[C@H]4C[C@@H](O)CC[C@]4(C)[C@H]3CC[C@]12C. The number of carbonyl (C=O) groups is 2. The van der Waals surface area contributed by atoms with Crippen LogP contribution in [0.3, 0.4) is 0 Å². The van der Waals surface area contributed by atoms with Gasteiger partial charge in [0.2, 0.25) is 5.91 Å². The summed E-state index contributed by atoms with van der Waals surface area (Å²) >= 11 is 0. The molecular formula is C32H51N5O3. The number of rotatable bonds is 5. The molecule has 5 aliphatic rings. The molecule has 2 heterocycles. The molecule has 222 valence electrons. The fourth-order valence-corrected chi connectivity index (χ4v) is 10.7. The van der Waals surface area contributed by atoms with Crippen LogP contribution in [-0.4, -0.2) is 74.0 Å². The van der Waals surface area contributed by atoms with E-state index in [9.17, 15) is 14.7 Å². The van der Waals surface area contributed by atoms with E-state index < -0.39 is 0 Å². The summed E-state index contributed by atoms with van der Waals surface area (Å²) in [5.74, 6) is 4.67. The number of fused-ring (bicyclic) bond motifs is 5. The maximum absolute atomic E-state index is 13.2. The Morgan fingerprint density at radius 1 is 0.975 bits per heavy atom. The first-order chi connectivity index (χ1) is 19.1. The minimum Gasteiger partial charge on any atom is -0.393 e. The van der Waals surface area contributed by atoms with Crippen molar-refractivity contribution in [1.82, 2.24) is 24.8 Å². The van der Waals surface area contributed by atoms with Gasteiger partial charge in [0.15, 0.2) is 5.69 Å². The molecule has 4 saturated carbocycles. The first-order valence-corrected chi connectivity index (χ1v) is 16.2. The minimum absolute atomic E-state index is 0.0709. The second-order valence-corrected chi connectivity index (χ2v) is 14.8. The minimum atomic E-state index is -0.101. The van der Waals surface area contributed by atoms with Crippen molar-refractivity contribution >= 4 is 11.8 Å². The molecule has 1 N–H and O–H groups in total. The van der Waals surface area contributed by atoms with Gasteiger partial charge in [-0.2, -0.15) is 0 Å². The van der Waals surface area contributed by atoms with Crippen LogP contribution in [0.15, 0.2) is 6.20 Å². The zero-order valence-electron chi connectivity index (χ0n) is 25.2. The van der Waals surface area contributed by atoms with Crippen LogP contribution in [0, 0.1) is 46.3 Å². The molecule has 4 aliphatic carbocycles. The van der Waals surface area contributed by atoms with Crippen molar-refractivity contribution in [1.29, 1.82) is 0 Å². The van der Waals surface area contributed by atoms with Gasteiger partial charge < -0.3 is 14.9 Å². The van der Waals surface area contributed by atoms with E-state index in [0.29, 0.717) is 61.0 Å². The molecule has 1 aromatic heterocycles. The van der Waals surface area contributed by atoms with Crippen molar-refractivity contribution < 1.29 is 14.7 Å². The van der Waals surface area contributed by atoms with E-state index in [-0.39, 0.29) is 17.9 Å². The highest BCUT2D eigenvalue weighted by atomic mass is 16.3. The van der Waals surface area contributed by atoms with Crippen LogP contribution in [0.2, 0.25) is 0 Å². The molecule has 8 nitrogen and oxygen atoms in total. The van der Waals surface area contributed by atoms with Gasteiger partial charge in [-0.25, -0.2) is 0 Å². The van der Waals surface area contributed by atoms with Crippen molar-refractivity contribution in [3.63, 3.8) is 0 Å². The highest BCUT2D eigenvalue weighted by Gasteiger charge is 2.60. The van der Waals surface area contributed by atoms with Crippen molar-refractivity contribution in [2.24, 2.45) is 53.4 Å². The van der Waals surface area contributed by atoms with Gasteiger partial charge in [0.1, 0.15) is 0 Å². The molecule has 1 saturated heterocycles. The van der Waals surface area contributed by atoms with Crippen LogP contribution < -0.4 is 0 Å². The first kappa shape index (κ1) is 28.2. The number of aliphatic hydroxyl groups is 1. The van der Waals surface area contributed by atoms with Crippen molar-refractivity contribution in [3.05, 3.63) is 11.9 Å². The fourth-order valence-electron chi connectivity index (χ4n) is 10.7. The summed E-state index contributed by atoms with van der Waals surface area (Å²) in [7, 11) is 1.76. The summed E-state index contributed by atoms with van der Waals surface area (Å²) in [6.45, 7) is 9.91. The average Bonchev–Trinajstić information content (AvgIpc) is 3.54. The van der Waals surface area contributed by atoms with E-state index in [0.717, 1.165) is 42.9 Å². The van der Waals surface area contributed by atoms with Gasteiger partial charge in [-0.05, 0) is 111 Å². The second-order valence-electron chi connectivity index (χ2n) is 14.8. The molecular weight excluding hydrogens is 502 g/mol. The zero-order valence-corrected chi connectivity index (χ0v) is 25.2. The summed E-state index contributed by atoms with van der Waals surface area (Å²) in [6.07, 6.45) is 14.5. The second kappa shape index (κ2) is 10.7. The standard InChI is InChI=1S/C32H51N5O3/c1-21(5-10-29(39)36-15-17-37(18-16-36)30(40)28-20-35(4)34-33-28)25-8-9-26-24-7-6-22-19-23(38)11-13-31(22,2)27(24)12-14-32(25,26)3/h20-27,38H,5-19H2,1-4H3/t21-,22+,23+,24+,25-,26+,27+,31+,32-/m1/s1. The average molecular weight is 554 g/mol. The lowest BCUT2D eigenvalue weighted by Gasteiger charge is -2.61. The highest BCUT2D eigenvalue weighted by molar-refractivity contribution is 5.92. The molecule has 5 fully saturated rings. The van der Waals surface area contributed by atoms with Gasteiger partial charge in [-0.3, -0.25) is 14.3 Å². The smallest absolute Gasteiger partial charge is 0.276 e. The third-order valence-electron chi connectivity index (χ3n) is 13.0. The first-order valence-electron chi connectivity index (χ1n) is 16.2. The van der Waals surface area contributed by atoms with Crippen molar-refractivity contribution in [2.45, 2.75) is 97.5 Å². The topological polar surface area (TPSA) is 91.6 Å². The molecule has 1 aromatic rings. The quantitative estimate of drug-likeness (QED) is 0.578. The van der Waals surface area contributed by atoms with Gasteiger partial charge >= 0.3 is 0 Å². The maximum Gasteiger partial charge on any atom is 0.276 e. The predicted molar refractivity (Wildman–Crippen MR) is 153 cm³/mol. The number of aliphatic hydroxyl groups excluding tert-OH is 1. The summed E-state index contributed by atoms with van der Waals surface area (Å²) in [6, 6.07) is 0. The molecule has 0 aromatic carbocycles. The van der Waals surface area contributed by atoms with Crippen LogP contribution in [0.5, 0.6) is 0 Å². The van der Waals surface area contributed by atoms with Gasteiger partial charge in [-0.1, -0.05) is 26.0 Å². The fraction of sp³-hybridized carbons (Fsp3) is 0.875. The van der Waals surface area contributed by atoms with Gasteiger partial charge in [0, 0.05) is 39.6 Å². The van der Waals surface area contributed by atoms with E-state index in [4.69, 9.17) is 0 Å². The lowest BCUT2D eigenvalue weighted by atomic mass is 9.44. The Morgan fingerprint density at radius 3 is 2.40 bits per heavy atom. The van der Waals surface area contributed by atoms with Crippen molar-refractivity contribution in [3.8, 4) is 0 Å². The molecule has 0 bridgehead atoms.